The van der Waals surface area contributed by atoms with Crippen LogP contribution < -0.4 is 0 Å². The molecule has 0 amide bonds. The van der Waals surface area contributed by atoms with Crippen LogP contribution in [0.1, 0.15) is 15.9 Å². The van der Waals surface area contributed by atoms with E-state index in [9.17, 15) is 18.0 Å². The minimum absolute atomic E-state index is 0.184. The molecular formula is C14H7Cl2F3OS. The Hall–Kier alpha value is -1.17. The molecule has 0 radical (unpaired) electrons. The van der Waals surface area contributed by atoms with Gasteiger partial charge in [0.25, 0.3) is 0 Å². The maximum absolute atomic E-state index is 12.9. The molecule has 2 aromatic carbocycles. The number of rotatable bonds is 3. The van der Waals surface area contributed by atoms with Crippen molar-refractivity contribution in [2.75, 3.05) is 0 Å². The van der Waals surface area contributed by atoms with E-state index < -0.39 is 17.3 Å². The smallest absolute Gasteiger partial charge is 0.298 e. The predicted octanol–water partition coefficient (Wildman–Crippen LogP) is 5.98. The Morgan fingerprint density at radius 1 is 1.05 bits per heavy atom. The molecule has 0 saturated heterocycles. The van der Waals surface area contributed by atoms with Crippen molar-refractivity contribution in [3.8, 4) is 0 Å². The number of carbonyl (C=O) groups is 1. The highest BCUT2D eigenvalue weighted by Gasteiger charge is 2.33. The summed E-state index contributed by atoms with van der Waals surface area (Å²) in [6.45, 7) is 0. The van der Waals surface area contributed by atoms with Crippen LogP contribution in [0, 0.1) is 0 Å². The van der Waals surface area contributed by atoms with Gasteiger partial charge >= 0.3 is 6.18 Å². The van der Waals surface area contributed by atoms with Crippen LogP contribution in [0.15, 0.2) is 46.2 Å². The first-order valence-corrected chi connectivity index (χ1v) is 7.18. The van der Waals surface area contributed by atoms with E-state index in [1.807, 2.05) is 0 Å². The van der Waals surface area contributed by atoms with Crippen LogP contribution in [0.4, 0.5) is 13.2 Å². The second kappa shape index (κ2) is 6.30. The average molecular weight is 351 g/mol. The third-order valence-corrected chi connectivity index (χ3v) is 4.30. The summed E-state index contributed by atoms with van der Waals surface area (Å²) in [6.07, 6.45) is -4.41. The van der Waals surface area contributed by atoms with Crippen molar-refractivity contribution in [3.05, 3.63) is 57.6 Å². The normalized spacial score (nSPS) is 11.5. The van der Waals surface area contributed by atoms with Gasteiger partial charge < -0.3 is 0 Å². The van der Waals surface area contributed by atoms with E-state index in [-0.39, 0.29) is 6.29 Å². The van der Waals surface area contributed by atoms with Gasteiger partial charge in [0.05, 0.1) is 10.6 Å². The molecular weight excluding hydrogens is 344 g/mol. The first-order chi connectivity index (χ1) is 9.81. The standard InChI is InChI=1S/C14H7Cl2F3OS/c15-9-2-4-12(16)13(5-9)21-10-3-1-8(7-20)11(6-10)14(17,18)19/h1-7H. The summed E-state index contributed by atoms with van der Waals surface area (Å²) in [5.41, 5.74) is -1.37. The summed E-state index contributed by atoms with van der Waals surface area (Å²) >= 11 is 12.9. The Morgan fingerprint density at radius 3 is 2.38 bits per heavy atom. The molecule has 0 aromatic heterocycles. The quantitative estimate of drug-likeness (QED) is 0.633. The molecule has 0 spiro atoms. The van der Waals surface area contributed by atoms with Gasteiger partial charge in [0.2, 0.25) is 0 Å². The van der Waals surface area contributed by atoms with E-state index in [0.717, 1.165) is 23.9 Å². The molecule has 0 N–H and O–H groups in total. The number of hydrogen-bond donors (Lipinski definition) is 0. The van der Waals surface area contributed by atoms with Crippen molar-refractivity contribution in [3.63, 3.8) is 0 Å². The Balaban J connectivity index is 2.42. The van der Waals surface area contributed by atoms with Crippen LogP contribution >= 0.6 is 35.0 Å². The number of benzene rings is 2. The topological polar surface area (TPSA) is 17.1 Å². The van der Waals surface area contributed by atoms with Crippen molar-refractivity contribution < 1.29 is 18.0 Å². The third-order valence-electron chi connectivity index (χ3n) is 2.58. The molecule has 21 heavy (non-hydrogen) atoms. The zero-order valence-corrected chi connectivity index (χ0v) is 12.6. The zero-order chi connectivity index (χ0) is 15.6. The van der Waals surface area contributed by atoms with E-state index in [2.05, 4.69) is 0 Å². The fourth-order valence-corrected chi connectivity index (χ4v) is 3.02. The Labute approximate surface area is 133 Å². The minimum atomic E-state index is -4.59. The number of hydrogen-bond acceptors (Lipinski definition) is 2. The molecule has 0 aliphatic carbocycles. The van der Waals surface area contributed by atoms with Crippen molar-refractivity contribution in [1.82, 2.24) is 0 Å². The number of carbonyl (C=O) groups excluding carboxylic acids is 1. The summed E-state index contributed by atoms with van der Waals surface area (Å²) in [5.74, 6) is 0. The molecule has 110 valence electrons. The van der Waals surface area contributed by atoms with E-state index in [4.69, 9.17) is 23.2 Å². The van der Waals surface area contributed by atoms with Crippen molar-refractivity contribution >= 4 is 41.2 Å². The lowest BCUT2D eigenvalue weighted by Crippen LogP contribution is -2.08. The molecule has 2 aromatic rings. The molecule has 0 atom stereocenters. The fourth-order valence-electron chi connectivity index (χ4n) is 1.63. The van der Waals surface area contributed by atoms with Gasteiger partial charge in [0, 0.05) is 20.4 Å². The first kappa shape index (κ1) is 16.2. The largest absolute Gasteiger partial charge is 0.417 e. The van der Waals surface area contributed by atoms with Crippen LogP contribution in [0.5, 0.6) is 0 Å². The molecule has 0 bridgehead atoms. The SMILES string of the molecule is O=Cc1ccc(Sc2cc(Cl)ccc2Cl)cc1C(F)(F)F. The van der Waals surface area contributed by atoms with Gasteiger partial charge in [0.15, 0.2) is 6.29 Å². The highest BCUT2D eigenvalue weighted by atomic mass is 35.5. The van der Waals surface area contributed by atoms with Crippen LogP contribution in [0.3, 0.4) is 0 Å². The lowest BCUT2D eigenvalue weighted by Gasteiger charge is -2.11. The minimum Gasteiger partial charge on any atom is -0.298 e. The molecule has 0 heterocycles. The molecule has 0 fully saturated rings. The lowest BCUT2D eigenvalue weighted by molar-refractivity contribution is -0.138. The van der Waals surface area contributed by atoms with E-state index in [1.54, 1.807) is 18.2 Å². The summed E-state index contributed by atoms with van der Waals surface area (Å²) < 4.78 is 38.6. The number of halogens is 5. The van der Waals surface area contributed by atoms with Crippen molar-refractivity contribution in [1.29, 1.82) is 0 Å². The number of alkyl halides is 3. The van der Waals surface area contributed by atoms with Gasteiger partial charge in [0.1, 0.15) is 0 Å². The highest BCUT2D eigenvalue weighted by molar-refractivity contribution is 7.99. The second-order valence-corrected chi connectivity index (χ2v) is 6.00. The van der Waals surface area contributed by atoms with E-state index in [1.165, 1.54) is 6.07 Å². The van der Waals surface area contributed by atoms with Crippen LogP contribution in [-0.2, 0) is 6.18 Å². The van der Waals surface area contributed by atoms with Gasteiger partial charge in [-0.3, -0.25) is 4.79 Å². The van der Waals surface area contributed by atoms with E-state index >= 15 is 0 Å². The average Bonchev–Trinajstić information content (AvgIpc) is 2.42. The lowest BCUT2D eigenvalue weighted by atomic mass is 10.1. The Morgan fingerprint density at radius 2 is 1.76 bits per heavy atom. The predicted molar refractivity (Wildman–Crippen MR) is 77.4 cm³/mol. The van der Waals surface area contributed by atoms with Crippen molar-refractivity contribution in [2.24, 2.45) is 0 Å². The fraction of sp³-hybridized carbons (Fsp3) is 0.0714. The Kier molecular flexibility index (Phi) is 4.86. The molecule has 0 aliphatic rings. The maximum Gasteiger partial charge on any atom is 0.417 e. The third kappa shape index (κ3) is 3.93. The van der Waals surface area contributed by atoms with Crippen LogP contribution in [-0.4, -0.2) is 6.29 Å². The molecule has 1 nitrogen and oxygen atoms in total. The van der Waals surface area contributed by atoms with Gasteiger partial charge in [-0.2, -0.15) is 13.2 Å². The summed E-state index contributed by atoms with van der Waals surface area (Å²) in [4.78, 5) is 11.6. The first-order valence-electron chi connectivity index (χ1n) is 5.60. The second-order valence-electron chi connectivity index (χ2n) is 4.04. The zero-order valence-electron chi connectivity index (χ0n) is 10.2. The maximum atomic E-state index is 12.9. The molecule has 7 heteroatoms. The summed E-state index contributed by atoms with van der Waals surface area (Å²) in [6, 6.07) is 8.21. The van der Waals surface area contributed by atoms with Gasteiger partial charge in [-0.15, -0.1) is 0 Å². The van der Waals surface area contributed by atoms with Crippen LogP contribution in [0.2, 0.25) is 10.0 Å². The van der Waals surface area contributed by atoms with Gasteiger partial charge in [-0.25, -0.2) is 0 Å². The van der Waals surface area contributed by atoms with Gasteiger partial charge in [-0.05, 0) is 36.4 Å². The van der Waals surface area contributed by atoms with Gasteiger partial charge in [-0.1, -0.05) is 35.0 Å². The van der Waals surface area contributed by atoms with Crippen molar-refractivity contribution in [2.45, 2.75) is 16.0 Å². The monoisotopic (exact) mass is 350 g/mol. The summed E-state index contributed by atoms with van der Waals surface area (Å²) in [7, 11) is 0. The molecule has 0 saturated carbocycles. The van der Waals surface area contributed by atoms with Crippen LogP contribution in [0.25, 0.3) is 0 Å². The van der Waals surface area contributed by atoms with E-state index in [0.29, 0.717) is 19.8 Å². The summed E-state index contributed by atoms with van der Waals surface area (Å²) in [5, 5.41) is 0.819. The molecule has 2 rings (SSSR count). The highest BCUT2D eigenvalue weighted by Crippen LogP contribution is 2.39. The number of aldehydes is 1. The molecule has 0 unspecified atom stereocenters. The Bertz CT molecular complexity index is 686. The molecule has 0 aliphatic heterocycles.